The summed E-state index contributed by atoms with van der Waals surface area (Å²) in [4.78, 5) is 88.1. The highest BCUT2D eigenvalue weighted by molar-refractivity contribution is 7.99. The number of thioether (sulfide) groups is 2. The van der Waals surface area contributed by atoms with E-state index in [1.807, 2.05) is 203 Å². The number of ether oxygens (including phenoxy) is 2. The number of rotatable bonds is 10. The molecule has 0 spiro atoms. The summed E-state index contributed by atoms with van der Waals surface area (Å²) < 4.78 is 12.3. The lowest BCUT2D eigenvalue weighted by atomic mass is 10.00. The number of aryl methyl sites for hydroxylation is 9. The molecule has 0 saturated carbocycles. The highest BCUT2D eigenvalue weighted by Crippen LogP contribution is 2.45. The molecule has 1 aliphatic carbocycles. The maximum atomic E-state index is 5.61. The van der Waals surface area contributed by atoms with Crippen LogP contribution in [0.1, 0.15) is 193 Å². The maximum absolute atomic E-state index is 5.61. The molecule has 0 radical (unpaired) electrons. The molecule has 115 heavy (non-hydrogen) atoms. The minimum atomic E-state index is 0.511. The van der Waals surface area contributed by atoms with Gasteiger partial charge in [0.05, 0.1) is 110 Å². The van der Waals surface area contributed by atoms with Gasteiger partial charge < -0.3 is 41.8 Å². The van der Waals surface area contributed by atoms with Crippen molar-refractivity contribution in [2.24, 2.45) is 5.73 Å². The number of aromatic nitrogens is 18. The summed E-state index contributed by atoms with van der Waals surface area (Å²) >= 11 is 13.8. The Kier molecular flexibility index (Phi) is 40.8. The second kappa shape index (κ2) is 49.4. The number of fused-ring (bicyclic) bond motifs is 18. The fraction of sp³-hybridized carbons (Fsp3) is 0.457. The Morgan fingerprint density at radius 2 is 0.783 bits per heavy atom. The number of hydrogen-bond donors (Lipinski definition) is 6. The summed E-state index contributed by atoms with van der Waals surface area (Å²) in [6.45, 7) is 56.0. The van der Waals surface area contributed by atoms with Gasteiger partial charge in [-0.05, 0) is 120 Å². The molecule has 618 valence electrons. The quantitative estimate of drug-likeness (QED) is 0.0741. The van der Waals surface area contributed by atoms with Gasteiger partial charge in [-0.1, -0.05) is 90.0 Å². The van der Waals surface area contributed by atoms with Crippen molar-refractivity contribution in [3.63, 3.8) is 0 Å². The highest BCUT2D eigenvalue weighted by atomic mass is 32.2. The van der Waals surface area contributed by atoms with E-state index in [4.69, 9.17) is 15.2 Å². The number of benzene rings is 1. The van der Waals surface area contributed by atoms with Crippen LogP contribution < -0.4 is 41.8 Å². The summed E-state index contributed by atoms with van der Waals surface area (Å²) in [7, 11) is 0. The average molecular weight is 1710 g/mol. The van der Waals surface area contributed by atoms with Crippen molar-refractivity contribution < 1.29 is 9.47 Å². The Hall–Kier alpha value is -8.74. The molecule has 18 rings (SSSR count). The van der Waals surface area contributed by atoms with Gasteiger partial charge >= 0.3 is 0 Å². The Morgan fingerprint density at radius 3 is 1.37 bits per heavy atom. The van der Waals surface area contributed by atoms with Gasteiger partial charge in [-0.3, -0.25) is 0 Å². The van der Waals surface area contributed by atoms with E-state index in [0.29, 0.717) is 48.7 Å². The second-order valence-electron chi connectivity index (χ2n) is 22.9. The van der Waals surface area contributed by atoms with Gasteiger partial charge in [-0.2, -0.15) is 0 Å². The zero-order valence-electron chi connectivity index (χ0n) is 71.3. The number of anilines is 5. The molecule has 0 bridgehead atoms. The Morgan fingerprint density at radius 1 is 0.357 bits per heavy atom. The summed E-state index contributed by atoms with van der Waals surface area (Å²) in [5.74, 6) is 7.54. The number of nitrogens with two attached hydrogens (primary N) is 1. The molecule has 5 aliphatic rings. The van der Waals surface area contributed by atoms with Crippen molar-refractivity contribution in [1.29, 1.82) is 0 Å². The molecule has 12 aromatic heterocycles. The molecule has 1 aromatic carbocycles. The van der Waals surface area contributed by atoms with Crippen LogP contribution in [0.5, 0.6) is 11.5 Å². The lowest BCUT2D eigenvalue weighted by Crippen LogP contribution is -2.09. The van der Waals surface area contributed by atoms with Crippen LogP contribution >= 0.6 is 91.5 Å². The van der Waals surface area contributed by atoms with Crippen LogP contribution in [-0.2, 0) is 37.6 Å². The lowest BCUT2D eigenvalue weighted by molar-refractivity contribution is 0.295. The molecular weight excluding hydrogens is 1600 g/mol. The van der Waals surface area contributed by atoms with Crippen molar-refractivity contribution in [2.75, 3.05) is 65.9 Å². The highest BCUT2D eigenvalue weighted by Gasteiger charge is 2.28. The summed E-state index contributed by atoms with van der Waals surface area (Å²) in [5.41, 5.74) is 18.2. The zero-order chi connectivity index (χ0) is 84.3. The Bertz CT molecular complexity index is 4730. The van der Waals surface area contributed by atoms with Crippen LogP contribution in [0, 0.1) is 48.5 Å². The zero-order valence-corrected chi connectivity index (χ0v) is 77.8. The molecule has 4 aliphatic heterocycles. The summed E-state index contributed by atoms with van der Waals surface area (Å²) in [6, 6.07) is 4.05. The van der Waals surface area contributed by atoms with Gasteiger partial charge in [0.15, 0.2) is 11.5 Å². The molecular formula is C81H114N24O2S8. The Labute approximate surface area is 711 Å². The van der Waals surface area contributed by atoms with Crippen LogP contribution in [0.2, 0.25) is 0 Å². The first-order valence-electron chi connectivity index (χ1n) is 39.6. The molecule has 13 aromatic rings. The molecule has 26 nitrogen and oxygen atoms in total. The fourth-order valence-electron chi connectivity index (χ4n) is 10.9. The van der Waals surface area contributed by atoms with Gasteiger partial charge in [0.2, 0.25) is 29.7 Å². The van der Waals surface area contributed by atoms with Crippen LogP contribution in [0.15, 0.2) is 59.1 Å². The van der Waals surface area contributed by atoms with E-state index in [-0.39, 0.29) is 0 Å². The third-order valence-electron chi connectivity index (χ3n) is 15.1. The van der Waals surface area contributed by atoms with Crippen LogP contribution in [-0.4, -0.2) is 129 Å². The van der Waals surface area contributed by atoms with E-state index in [2.05, 4.69) is 123 Å². The lowest BCUT2D eigenvalue weighted by Gasteiger charge is -2.15. The molecule has 0 unspecified atom stereocenters. The van der Waals surface area contributed by atoms with Crippen molar-refractivity contribution in [3.05, 3.63) is 118 Å². The van der Waals surface area contributed by atoms with Gasteiger partial charge in [0.25, 0.3) is 0 Å². The number of nitrogens with zero attached hydrogens (tertiary/aromatic N) is 18. The summed E-state index contributed by atoms with van der Waals surface area (Å²) in [5, 5.41) is 23.2. The SMILES string of the molecule is CC.CC.CC.CC.CC.CC.CCN.CCNc1ncc2c(n1)-c1nc(C)sc1CO2.CCNc1ncc2c(n1)-c1sc(C)nc1CC2.CCNc1ncc2c(n1)-c1sc(C)nc1CO2.CCNc1ncc2c(n1)-c1sc(C)nc1CS2.CCNc1ncc2ccc3nc(C)sc3c2n1.Cc1ncc2c(n1)-c1nc(C)sc1CS2. The standard InChI is InChI=1S/C12H14N4S.C12H12N4S.2C11H12N4OS.C11H12N4S2.C10H9N3S2.C2H7N.6C2H6/c2*1-3-13-12-14-6-8-4-5-9-11(10(8)16-12)17-7(2)15-9;1-3-12-11-13-4-8-9(15-11)10-7(5-16-8)14-6(2)17-10;1-3-12-11-13-4-7-9(15-11)10-8(5-16-7)17-6(2)14-10;1-3-12-11-13-4-8-9(15-11)10-7(5-16-8)14-6(2)17-10;1-5-11-3-7-9(12-5)10-8(4-14-7)15-6(2)13-10;1-2-3;6*1-2/h6H,3-5H2,1-2H3,(H,13,14,16);4-6H,3H2,1-2H3,(H,13,14,16);3*4H,3,5H2,1-2H3,(H,12,13,15);3H,4H2,1-2H3;2-3H2,1H3;6*1-2H3. The minimum Gasteiger partial charge on any atom is -0.484 e. The van der Waals surface area contributed by atoms with Crippen LogP contribution in [0.3, 0.4) is 0 Å². The first-order chi connectivity index (χ1) is 56.0. The molecule has 34 heteroatoms. The molecule has 16 heterocycles. The third kappa shape index (κ3) is 25.4. The van der Waals surface area contributed by atoms with Crippen molar-refractivity contribution >= 4 is 142 Å². The monoisotopic (exact) mass is 1710 g/mol. The largest absolute Gasteiger partial charge is 0.484 e. The second-order valence-corrected chi connectivity index (χ2v) is 32.4. The fourth-order valence-corrected chi connectivity index (χ4v) is 18.6. The number of nitrogens with one attached hydrogen (secondary N) is 5. The average Bonchev–Trinajstić information content (AvgIpc) is 1.72. The first kappa shape index (κ1) is 95.1. The predicted molar refractivity (Wildman–Crippen MR) is 490 cm³/mol. The van der Waals surface area contributed by atoms with Gasteiger partial charge in [0, 0.05) is 79.3 Å². The summed E-state index contributed by atoms with van der Waals surface area (Å²) in [6.07, 6.45) is 13.0. The molecule has 0 fully saturated rings. The Balaban J connectivity index is 0.000000207. The van der Waals surface area contributed by atoms with E-state index in [9.17, 15) is 0 Å². The predicted octanol–water partition coefficient (Wildman–Crippen LogP) is 21.8. The van der Waals surface area contributed by atoms with E-state index in [1.165, 1.54) is 25.9 Å². The smallest absolute Gasteiger partial charge is 0.223 e. The van der Waals surface area contributed by atoms with E-state index in [1.54, 1.807) is 104 Å². The van der Waals surface area contributed by atoms with Crippen LogP contribution in [0.25, 0.3) is 75.6 Å². The number of hydrogen-bond acceptors (Lipinski definition) is 34. The van der Waals surface area contributed by atoms with E-state index in [0.717, 1.165) is 197 Å². The van der Waals surface area contributed by atoms with Crippen LogP contribution in [0.4, 0.5) is 29.7 Å². The first-order valence-corrected chi connectivity index (χ1v) is 46.5. The molecule has 0 amide bonds. The van der Waals surface area contributed by atoms with Gasteiger partial charge in [0.1, 0.15) is 53.2 Å². The van der Waals surface area contributed by atoms with Gasteiger partial charge in [-0.15, -0.1) is 91.5 Å². The molecule has 0 atom stereocenters. The van der Waals surface area contributed by atoms with Crippen molar-refractivity contribution in [3.8, 4) is 66.0 Å². The van der Waals surface area contributed by atoms with E-state index >= 15 is 0 Å². The minimum absolute atomic E-state index is 0.511. The molecule has 7 N–H and O–H groups in total. The van der Waals surface area contributed by atoms with Crippen molar-refractivity contribution in [1.82, 2.24) is 89.7 Å². The van der Waals surface area contributed by atoms with Gasteiger partial charge in [-0.25, -0.2) is 89.7 Å². The van der Waals surface area contributed by atoms with Crippen molar-refractivity contribution in [2.45, 2.75) is 220 Å². The third-order valence-corrected chi connectivity index (χ3v) is 23.3. The molecule has 0 saturated heterocycles. The maximum Gasteiger partial charge on any atom is 0.223 e. The van der Waals surface area contributed by atoms with E-state index < -0.39 is 0 Å². The normalized spacial score (nSPS) is 11.5. The number of thiazole rings is 6. The topological polar surface area (TPSA) is 337 Å².